The maximum Gasteiger partial charge on any atom is 0.221 e. The molecule has 1 heterocycles. The van der Waals surface area contributed by atoms with Crippen LogP contribution in [0, 0.1) is 0 Å². The predicted octanol–water partition coefficient (Wildman–Crippen LogP) is 1.69. The average molecular weight is 160 g/mol. The molecule has 1 aromatic heterocycles. The van der Waals surface area contributed by atoms with Crippen LogP contribution >= 0.6 is 11.6 Å². The van der Waals surface area contributed by atoms with Crippen LogP contribution in [0.2, 0.25) is 5.28 Å². The molecule has 3 nitrogen and oxygen atoms in total. The Bertz CT molecular complexity index is 223. The molecule has 0 aliphatic heterocycles. The van der Waals surface area contributed by atoms with E-state index in [0.717, 1.165) is 0 Å². The average Bonchev–Trinajstić information content (AvgIpc) is 2.11. The Morgan fingerprint density at radius 3 is 2.30 bits per heavy atom. The maximum atomic E-state index is 5.71. The second kappa shape index (κ2) is 2.23. The van der Waals surface area contributed by atoms with E-state index in [-0.39, 0.29) is 5.54 Å². The minimum absolute atomic E-state index is 0.0758. The number of rotatable bonds is 0. The van der Waals surface area contributed by atoms with Crippen molar-refractivity contribution in [2.45, 2.75) is 26.3 Å². The molecule has 0 aliphatic rings. The van der Waals surface area contributed by atoms with E-state index in [1.165, 1.54) is 6.33 Å². The molecule has 0 unspecified atom stereocenters. The Hall–Kier alpha value is -0.570. The summed E-state index contributed by atoms with van der Waals surface area (Å²) in [6.07, 6.45) is 1.45. The highest BCUT2D eigenvalue weighted by atomic mass is 35.5. The molecule has 0 amide bonds. The third-order valence-electron chi connectivity index (χ3n) is 1.14. The summed E-state index contributed by atoms with van der Waals surface area (Å²) in [6, 6.07) is 0. The van der Waals surface area contributed by atoms with Gasteiger partial charge in [-0.15, -0.1) is 0 Å². The van der Waals surface area contributed by atoms with Crippen molar-refractivity contribution in [3.63, 3.8) is 0 Å². The fraction of sp³-hybridized carbons (Fsp3) is 0.667. The van der Waals surface area contributed by atoms with Crippen molar-refractivity contribution in [3.05, 3.63) is 11.6 Å². The van der Waals surface area contributed by atoms with Crippen LogP contribution < -0.4 is 0 Å². The fourth-order valence-electron chi connectivity index (χ4n) is 0.677. The van der Waals surface area contributed by atoms with Gasteiger partial charge < -0.3 is 0 Å². The molecular formula is C6H10ClN3. The zero-order chi connectivity index (χ0) is 7.78. The van der Waals surface area contributed by atoms with Crippen molar-refractivity contribution in [1.82, 2.24) is 14.8 Å². The lowest BCUT2D eigenvalue weighted by Gasteiger charge is -2.18. The highest BCUT2D eigenvalue weighted by molar-refractivity contribution is 6.28. The SMILES string of the molecule is CC(C)(C)n1ncnc1Cl. The first kappa shape index (κ1) is 7.54. The van der Waals surface area contributed by atoms with Crippen LogP contribution in [0.25, 0.3) is 0 Å². The molecule has 0 saturated carbocycles. The van der Waals surface area contributed by atoms with E-state index in [9.17, 15) is 0 Å². The number of hydrogen-bond acceptors (Lipinski definition) is 2. The highest BCUT2D eigenvalue weighted by Crippen LogP contribution is 2.16. The molecule has 0 saturated heterocycles. The molecule has 0 fully saturated rings. The first-order chi connectivity index (χ1) is 4.52. The Morgan fingerprint density at radius 1 is 1.50 bits per heavy atom. The minimum Gasteiger partial charge on any atom is -0.231 e. The minimum atomic E-state index is -0.0758. The molecule has 1 aromatic rings. The zero-order valence-corrected chi connectivity index (χ0v) is 7.05. The first-order valence-electron chi connectivity index (χ1n) is 3.08. The van der Waals surface area contributed by atoms with E-state index in [1.807, 2.05) is 20.8 Å². The summed E-state index contributed by atoms with van der Waals surface area (Å²) >= 11 is 5.71. The standard InChI is InChI=1S/C6H10ClN3/c1-6(2,3)10-5(7)8-4-9-10/h4H,1-3H3. The van der Waals surface area contributed by atoms with Crippen molar-refractivity contribution < 1.29 is 0 Å². The lowest BCUT2D eigenvalue weighted by atomic mass is 10.1. The zero-order valence-electron chi connectivity index (χ0n) is 6.30. The van der Waals surface area contributed by atoms with E-state index < -0.39 is 0 Å². The molecule has 10 heavy (non-hydrogen) atoms. The van der Waals surface area contributed by atoms with Gasteiger partial charge in [0.25, 0.3) is 0 Å². The molecule has 1 rings (SSSR count). The Balaban J connectivity index is 3.05. The topological polar surface area (TPSA) is 30.7 Å². The summed E-state index contributed by atoms with van der Waals surface area (Å²) < 4.78 is 1.68. The molecule has 0 bridgehead atoms. The summed E-state index contributed by atoms with van der Waals surface area (Å²) in [6.45, 7) is 6.06. The lowest BCUT2D eigenvalue weighted by Crippen LogP contribution is -2.23. The van der Waals surface area contributed by atoms with Crippen molar-refractivity contribution in [3.8, 4) is 0 Å². The molecule has 0 radical (unpaired) electrons. The lowest BCUT2D eigenvalue weighted by molar-refractivity contribution is 0.355. The second-order valence-electron chi connectivity index (χ2n) is 3.11. The summed E-state index contributed by atoms with van der Waals surface area (Å²) in [5.41, 5.74) is -0.0758. The number of nitrogens with zero attached hydrogens (tertiary/aromatic N) is 3. The first-order valence-corrected chi connectivity index (χ1v) is 3.45. The van der Waals surface area contributed by atoms with Crippen LogP contribution in [0.1, 0.15) is 20.8 Å². The van der Waals surface area contributed by atoms with Gasteiger partial charge in [-0.05, 0) is 32.4 Å². The number of halogens is 1. The number of aromatic nitrogens is 3. The molecule has 0 N–H and O–H groups in total. The van der Waals surface area contributed by atoms with Gasteiger partial charge in [-0.3, -0.25) is 0 Å². The summed E-state index contributed by atoms with van der Waals surface area (Å²) in [7, 11) is 0. The van der Waals surface area contributed by atoms with Gasteiger partial charge in [-0.25, -0.2) is 9.67 Å². The quantitative estimate of drug-likeness (QED) is 0.577. The van der Waals surface area contributed by atoms with E-state index in [2.05, 4.69) is 10.1 Å². The molecule has 56 valence electrons. The van der Waals surface area contributed by atoms with Gasteiger partial charge in [0.15, 0.2) is 0 Å². The van der Waals surface area contributed by atoms with Gasteiger partial charge in [0.1, 0.15) is 6.33 Å². The molecule has 0 aliphatic carbocycles. The van der Waals surface area contributed by atoms with Crippen molar-refractivity contribution in [1.29, 1.82) is 0 Å². The molecular weight excluding hydrogens is 150 g/mol. The molecule has 0 atom stereocenters. The molecule has 4 heteroatoms. The smallest absolute Gasteiger partial charge is 0.221 e. The third kappa shape index (κ3) is 1.29. The van der Waals surface area contributed by atoms with Crippen LogP contribution in [0.3, 0.4) is 0 Å². The van der Waals surface area contributed by atoms with Crippen LogP contribution in [0.15, 0.2) is 6.33 Å². The Kier molecular flexibility index (Phi) is 1.68. The van der Waals surface area contributed by atoms with Crippen LogP contribution in [0.4, 0.5) is 0 Å². The summed E-state index contributed by atoms with van der Waals surface area (Å²) in [4.78, 5) is 3.80. The molecule has 0 spiro atoms. The van der Waals surface area contributed by atoms with Crippen molar-refractivity contribution in [2.24, 2.45) is 0 Å². The van der Waals surface area contributed by atoms with Crippen LogP contribution in [-0.4, -0.2) is 14.8 Å². The second-order valence-corrected chi connectivity index (χ2v) is 3.45. The third-order valence-corrected chi connectivity index (χ3v) is 1.40. The largest absolute Gasteiger partial charge is 0.231 e. The van der Waals surface area contributed by atoms with E-state index >= 15 is 0 Å². The van der Waals surface area contributed by atoms with Crippen LogP contribution in [-0.2, 0) is 5.54 Å². The monoisotopic (exact) mass is 159 g/mol. The van der Waals surface area contributed by atoms with E-state index in [0.29, 0.717) is 5.28 Å². The van der Waals surface area contributed by atoms with Crippen molar-refractivity contribution >= 4 is 11.6 Å². The molecule has 0 aromatic carbocycles. The van der Waals surface area contributed by atoms with Gasteiger partial charge >= 0.3 is 0 Å². The highest BCUT2D eigenvalue weighted by Gasteiger charge is 2.16. The van der Waals surface area contributed by atoms with E-state index in [1.54, 1.807) is 4.68 Å². The van der Waals surface area contributed by atoms with Gasteiger partial charge in [-0.2, -0.15) is 5.10 Å². The van der Waals surface area contributed by atoms with Crippen LogP contribution in [0.5, 0.6) is 0 Å². The normalized spacial score (nSPS) is 12.0. The Morgan fingerprint density at radius 2 is 2.10 bits per heavy atom. The van der Waals surface area contributed by atoms with Gasteiger partial charge in [0, 0.05) is 0 Å². The fourth-order valence-corrected chi connectivity index (χ4v) is 1.02. The van der Waals surface area contributed by atoms with Gasteiger partial charge in [0.2, 0.25) is 5.28 Å². The summed E-state index contributed by atoms with van der Waals surface area (Å²) in [5, 5.41) is 4.40. The Labute approximate surface area is 65.0 Å². The summed E-state index contributed by atoms with van der Waals surface area (Å²) in [5.74, 6) is 0. The number of hydrogen-bond donors (Lipinski definition) is 0. The van der Waals surface area contributed by atoms with E-state index in [4.69, 9.17) is 11.6 Å². The van der Waals surface area contributed by atoms with Gasteiger partial charge in [-0.1, -0.05) is 0 Å². The maximum absolute atomic E-state index is 5.71. The van der Waals surface area contributed by atoms with Crippen molar-refractivity contribution in [2.75, 3.05) is 0 Å². The predicted molar refractivity (Wildman–Crippen MR) is 40.0 cm³/mol. The van der Waals surface area contributed by atoms with Gasteiger partial charge in [0.05, 0.1) is 5.54 Å².